The van der Waals surface area contributed by atoms with Crippen LogP contribution in [0.25, 0.3) is 0 Å². The fourth-order valence-corrected chi connectivity index (χ4v) is 4.25. The lowest BCUT2D eigenvalue weighted by atomic mass is 10.2. The molecule has 2 rings (SSSR count). The summed E-state index contributed by atoms with van der Waals surface area (Å²) in [4.78, 5) is 13.4. The Morgan fingerprint density at radius 3 is 2.70 bits per heavy atom. The van der Waals surface area contributed by atoms with Gasteiger partial charge in [-0.05, 0) is 26.0 Å². The molecule has 7 heteroatoms. The van der Waals surface area contributed by atoms with Crippen LogP contribution in [0.4, 0.5) is 0 Å². The number of aliphatic hydroxyl groups is 1. The molecule has 1 N–H and O–H groups in total. The molecule has 0 atom stereocenters. The molecule has 0 aromatic carbocycles. The molecule has 1 fully saturated rings. The molecule has 0 bridgehead atoms. The Bertz CT molecular complexity index is 691. The Balaban J connectivity index is 2.10. The van der Waals surface area contributed by atoms with E-state index in [4.69, 9.17) is 5.11 Å². The Hall–Kier alpha value is -1.36. The smallest absolute Gasteiger partial charge is 0.259 e. The van der Waals surface area contributed by atoms with Gasteiger partial charge in [-0.1, -0.05) is 11.8 Å². The van der Waals surface area contributed by atoms with E-state index >= 15 is 0 Å². The summed E-state index contributed by atoms with van der Waals surface area (Å²) in [7, 11) is -3.54. The van der Waals surface area contributed by atoms with Crippen LogP contribution in [0.2, 0.25) is 0 Å². The van der Waals surface area contributed by atoms with Crippen molar-refractivity contribution in [2.45, 2.75) is 31.6 Å². The summed E-state index contributed by atoms with van der Waals surface area (Å²) in [5, 5.41) is 8.63. The second-order valence-electron chi connectivity index (χ2n) is 4.87. The van der Waals surface area contributed by atoms with Crippen molar-refractivity contribution in [3.05, 3.63) is 21.9 Å². The van der Waals surface area contributed by atoms with Crippen LogP contribution in [0.5, 0.6) is 0 Å². The molecule has 1 aliphatic heterocycles. The first kappa shape index (κ1) is 15.0. The van der Waals surface area contributed by atoms with Crippen molar-refractivity contribution in [1.82, 2.24) is 4.31 Å². The van der Waals surface area contributed by atoms with Crippen LogP contribution in [0.1, 0.15) is 30.0 Å². The predicted octanol–water partition coefficient (Wildman–Crippen LogP) is 0.933. The van der Waals surface area contributed by atoms with Crippen LogP contribution in [-0.4, -0.2) is 35.1 Å². The molecule has 1 aromatic heterocycles. The molecule has 108 valence electrons. The Morgan fingerprint density at radius 1 is 1.40 bits per heavy atom. The van der Waals surface area contributed by atoms with E-state index in [0.717, 1.165) is 14.1 Å². The lowest BCUT2D eigenvalue weighted by molar-refractivity contribution is -0.132. The molecular formula is C13H15NO4S2. The van der Waals surface area contributed by atoms with Crippen molar-refractivity contribution < 1.29 is 18.3 Å². The van der Waals surface area contributed by atoms with Gasteiger partial charge in [-0.3, -0.25) is 4.79 Å². The predicted molar refractivity (Wildman–Crippen MR) is 76.4 cm³/mol. The first-order chi connectivity index (χ1) is 9.30. The third kappa shape index (κ3) is 2.35. The maximum Gasteiger partial charge on any atom is 0.259 e. The van der Waals surface area contributed by atoms with Crippen LogP contribution >= 0.6 is 11.3 Å². The monoisotopic (exact) mass is 313 g/mol. The quantitative estimate of drug-likeness (QED) is 0.843. The molecule has 2 heterocycles. The molecule has 5 nitrogen and oxygen atoms in total. The molecular weight excluding hydrogens is 298 g/mol. The van der Waals surface area contributed by atoms with Gasteiger partial charge in [0, 0.05) is 11.3 Å². The first-order valence-corrected chi connectivity index (χ1v) is 8.31. The van der Waals surface area contributed by atoms with Gasteiger partial charge in [0.25, 0.3) is 15.9 Å². The van der Waals surface area contributed by atoms with E-state index in [-0.39, 0.29) is 19.1 Å². The number of thiophene rings is 1. The lowest BCUT2D eigenvalue weighted by Gasteiger charge is -2.42. The Labute approximate surface area is 122 Å². The van der Waals surface area contributed by atoms with E-state index in [1.54, 1.807) is 12.1 Å². The molecule has 0 spiro atoms. The number of hydrogen-bond donors (Lipinski definition) is 1. The maximum atomic E-state index is 12.0. The zero-order valence-electron chi connectivity index (χ0n) is 11.2. The third-order valence-electron chi connectivity index (χ3n) is 3.09. The van der Waals surface area contributed by atoms with Crippen molar-refractivity contribution in [3.8, 4) is 11.8 Å². The number of rotatable bonds is 3. The molecule has 1 saturated heterocycles. The van der Waals surface area contributed by atoms with Crippen LogP contribution in [-0.2, 0) is 21.4 Å². The number of aliphatic hydroxyl groups excluding tert-OH is 1. The molecule has 20 heavy (non-hydrogen) atoms. The number of nitrogens with zero attached hydrogens (tertiary/aromatic N) is 1. The SMILES string of the molecule is CC1(C)C(=O)N(Cc2ccc(C#CCCO)s2)S1(=O)=O. The van der Waals surface area contributed by atoms with Gasteiger partial charge >= 0.3 is 0 Å². The summed E-state index contributed by atoms with van der Waals surface area (Å²) in [6.45, 7) is 2.92. The van der Waals surface area contributed by atoms with E-state index < -0.39 is 14.8 Å². The molecule has 0 saturated carbocycles. The highest BCUT2D eigenvalue weighted by molar-refractivity contribution is 7.94. The molecule has 0 aliphatic carbocycles. The number of carbonyl (C=O) groups is 1. The Kier molecular flexibility index (Phi) is 3.91. The molecule has 1 aliphatic rings. The highest BCUT2D eigenvalue weighted by Crippen LogP contribution is 2.36. The van der Waals surface area contributed by atoms with Crippen molar-refractivity contribution in [3.63, 3.8) is 0 Å². The number of hydrogen-bond acceptors (Lipinski definition) is 5. The highest BCUT2D eigenvalue weighted by atomic mass is 32.2. The van der Waals surface area contributed by atoms with E-state index in [1.807, 2.05) is 0 Å². The highest BCUT2D eigenvalue weighted by Gasteiger charge is 2.59. The van der Waals surface area contributed by atoms with E-state index in [2.05, 4.69) is 11.8 Å². The van der Waals surface area contributed by atoms with Crippen LogP contribution in [0, 0.1) is 11.8 Å². The molecule has 1 amide bonds. The third-order valence-corrected chi connectivity index (χ3v) is 6.41. The maximum absolute atomic E-state index is 12.0. The van der Waals surface area contributed by atoms with Crippen molar-refractivity contribution in [2.75, 3.05) is 6.61 Å². The summed E-state index contributed by atoms with van der Waals surface area (Å²) in [5.41, 5.74) is 0. The van der Waals surface area contributed by atoms with E-state index in [1.165, 1.54) is 25.2 Å². The minimum atomic E-state index is -3.54. The second-order valence-corrected chi connectivity index (χ2v) is 8.45. The van der Waals surface area contributed by atoms with Crippen molar-refractivity contribution >= 4 is 27.3 Å². The van der Waals surface area contributed by atoms with Gasteiger partial charge in [0.05, 0.1) is 18.0 Å². The zero-order chi connectivity index (χ0) is 15.0. The normalized spacial score (nSPS) is 19.1. The van der Waals surface area contributed by atoms with E-state index in [9.17, 15) is 13.2 Å². The standard InChI is InChI=1S/C13H15NO4S2/c1-13(2)12(16)14(20(13,17)18)9-11-7-6-10(19-11)5-3-4-8-15/h6-7,15H,4,8-9H2,1-2H3. The molecule has 1 aromatic rings. The molecule has 0 unspecified atom stereocenters. The lowest BCUT2D eigenvalue weighted by Crippen LogP contribution is -2.66. The van der Waals surface area contributed by atoms with Crippen LogP contribution in [0.15, 0.2) is 12.1 Å². The second kappa shape index (κ2) is 5.20. The van der Waals surface area contributed by atoms with Gasteiger partial charge in [-0.25, -0.2) is 12.7 Å². The van der Waals surface area contributed by atoms with Gasteiger partial charge < -0.3 is 5.11 Å². The Morgan fingerprint density at radius 2 is 2.10 bits per heavy atom. The zero-order valence-corrected chi connectivity index (χ0v) is 12.8. The fourth-order valence-electron chi connectivity index (χ4n) is 1.79. The van der Waals surface area contributed by atoms with E-state index in [0.29, 0.717) is 6.42 Å². The largest absolute Gasteiger partial charge is 0.395 e. The summed E-state index contributed by atoms with van der Waals surface area (Å²) >= 11 is 1.35. The summed E-state index contributed by atoms with van der Waals surface area (Å²) in [6, 6.07) is 3.55. The topological polar surface area (TPSA) is 74.7 Å². The van der Waals surface area contributed by atoms with Gasteiger partial charge in [-0.15, -0.1) is 11.3 Å². The fraction of sp³-hybridized carbons (Fsp3) is 0.462. The summed E-state index contributed by atoms with van der Waals surface area (Å²) < 4.78 is 23.5. The van der Waals surface area contributed by atoms with Gasteiger partial charge in [0.2, 0.25) is 0 Å². The van der Waals surface area contributed by atoms with Gasteiger partial charge in [0.15, 0.2) is 4.75 Å². The summed E-state index contributed by atoms with van der Waals surface area (Å²) in [6.07, 6.45) is 0.403. The van der Waals surface area contributed by atoms with Crippen molar-refractivity contribution in [2.24, 2.45) is 0 Å². The molecule has 0 radical (unpaired) electrons. The first-order valence-electron chi connectivity index (χ1n) is 6.06. The summed E-state index contributed by atoms with van der Waals surface area (Å²) in [5.74, 6) is 5.30. The number of sulfonamides is 1. The average Bonchev–Trinajstić information content (AvgIpc) is 2.83. The van der Waals surface area contributed by atoms with Crippen molar-refractivity contribution in [1.29, 1.82) is 0 Å². The van der Waals surface area contributed by atoms with Gasteiger partial charge in [-0.2, -0.15) is 0 Å². The number of amides is 1. The minimum absolute atomic E-state index is 0.0147. The number of carbonyl (C=O) groups excluding carboxylic acids is 1. The van der Waals surface area contributed by atoms with Gasteiger partial charge in [0.1, 0.15) is 0 Å². The van der Waals surface area contributed by atoms with Crippen LogP contribution < -0.4 is 0 Å². The average molecular weight is 313 g/mol. The minimum Gasteiger partial charge on any atom is -0.395 e. The van der Waals surface area contributed by atoms with Crippen LogP contribution in [0.3, 0.4) is 0 Å².